The van der Waals surface area contributed by atoms with Crippen LogP contribution in [0.4, 0.5) is 18.9 Å². The molecule has 1 amide bonds. The van der Waals surface area contributed by atoms with Crippen molar-refractivity contribution in [3.05, 3.63) is 29.3 Å². The molecule has 0 saturated carbocycles. The molecule has 1 aromatic rings. The van der Waals surface area contributed by atoms with Crippen molar-refractivity contribution < 1.29 is 18.0 Å². The monoisotopic (exact) mass is 299 g/mol. The fourth-order valence-corrected chi connectivity index (χ4v) is 1.60. The zero-order chi connectivity index (χ0) is 15.9. The van der Waals surface area contributed by atoms with Gasteiger partial charge in [0, 0.05) is 17.7 Å². The molecule has 0 saturated heterocycles. The first-order valence-electron chi connectivity index (χ1n) is 6.28. The zero-order valence-electron chi connectivity index (χ0n) is 11.3. The molecule has 0 atom stereocenters. The lowest BCUT2D eigenvalue weighted by Crippen LogP contribution is -2.14. The van der Waals surface area contributed by atoms with Crippen molar-refractivity contribution in [1.82, 2.24) is 0 Å². The highest BCUT2D eigenvalue weighted by molar-refractivity contribution is 5.90. The number of amides is 1. The lowest BCUT2D eigenvalue weighted by atomic mass is 10.1. The van der Waals surface area contributed by atoms with Crippen molar-refractivity contribution in [1.29, 1.82) is 0 Å². The van der Waals surface area contributed by atoms with Gasteiger partial charge in [0.1, 0.15) is 0 Å². The maximum atomic E-state index is 12.8. The minimum Gasteiger partial charge on any atom is -0.330 e. The molecule has 5 N–H and O–H groups in total. The molecule has 21 heavy (non-hydrogen) atoms. The zero-order valence-corrected chi connectivity index (χ0v) is 11.3. The van der Waals surface area contributed by atoms with Gasteiger partial charge in [0.25, 0.3) is 0 Å². The summed E-state index contributed by atoms with van der Waals surface area (Å²) in [5, 5.41) is 2.51. The highest BCUT2D eigenvalue weighted by Gasteiger charge is 2.33. The van der Waals surface area contributed by atoms with E-state index in [1.807, 2.05) is 0 Å². The molecule has 1 rings (SSSR count). The van der Waals surface area contributed by atoms with Gasteiger partial charge in [-0.2, -0.15) is 13.2 Å². The minimum atomic E-state index is -4.51. The Hall–Kier alpha value is -2.04. The molecule has 0 heterocycles. The van der Waals surface area contributed by atoms with Crippen molar-refractivity contribution in [3.8, 4) is 11.8 Å². The highest BCUT2D eigenvalue weighted by Crippen LogP contribution is 2.33. The fourth-order valence-electron chi connectivity index (χ4n) is 1.60. The molecule has 0 radical (unpaired) electrons. The SMILES string of the molecule is NCC#Cc1cc(NC(=O)CCCN)ccc1C(F)(F)F. The average Bonchev–Trinajstić information content (AvgIpc) is 2.41. The van der Waals surface area contributed by atoms with Crippen LogP contribution in [-0.4, -0.2) is 19.0 Å². The van der Waals surface area contributed by atoms with E-state index in [4.69, 9.17) is 11.5 Å². The normalized spacial score (nSPS) is 10.7. The summed E-state index contributed by atoms with van der Waals surface area (Å²) in [5.74, 6) is 4.44. The molecule has 114 valence electrons. The number of anilines is 1. The van der Waals surface area contributed by atoms with Crippen LogP contribution < -0.4 is 16.8 Å². The molecule has 7 heteroatoms. The third kappa shape index (κ3) is 5.45. The van der Waals surface area contributed by atoms with Crippen molar-refractivity contribution in [3.63, 3.8) is 0 Å². The largest absolute Gasteiger partial charge is 0.417 e. The molecule has 1 aromatic carbocycles. The van der Waals surface area contributed by atoms with E-state index >= 15 is 0 Å². The van der Waals surface area contributed by atoms with Crippen LogP contribution >= 0.6 is 0 Å². The number of halogens is 3. The van der Waals surface area contributed by atoms with Crippen LogP contribution in [0.15, 0.2) is 18.2 Å². The van der Waals surface area contributed by atoms with Gasteiger partial charge in [-0.1, -0.05) is 11.8 Å². The van der Waals surface area contributed by atoms with Gasteiger partial charge in [-0.25, -0.2) is 0 Å². The number of nitrogens with one attached hydrogen (secondary N) is 1. The Kier molecular flexibility index (Phi) is 6.21. The van der Waals surface area contributed by atoms with E-state index in [1.165, 1.54) is 12.1 Å². The number of hydrogen-bond acceptors (Lipinski definition) is 3. The second kappa shape index (κ2) is 7.67. The molecular weight excluding hydrogens is 283 g/mol. The van der Waals surface area contributed by atoms with Gasteiger partial charge in [-0.3, -0.25) is 4.79 Å². The summed E-state index contributed by atoms with van der Waals surface area (Å²) in [5.41, 5.74) is 9.63. The predicted octanol–water partition coefficient (Wildman–Crippen LogP) is 1.69. The van der Waals surface area contributed by atoms with Crippen molar-refractivity contribution in [2.24, 2.45) is 11.5 Å². The van der Waals surface area contributed by atoms with Crippen LogP contribution in [0.3, 0.4) is 0 Å². The van der Waals surface area contributed by atoms with Crippen LogP contribution in [0.2, 0.25) is 0 Å². The van der Waals surface area contributed by atoms with Gasteiger partial charge in [-0.15, -0.1) is 0 Å². The summed E-state index contributed by atoms with van der Waals surface area (Å²) in [6.45, 7) is 0.318. The van der Waals surface area contributed by atoms with E-state index in [-0.39, 0.29) is 30.1 Å². The molecule has 0 aliphatic carbocycles. The van der Waals surface area contributed by atoms with Gasteiger partial charge < -0.3 is 16.8 Å². The lowest BCUT2D eigenvalue weighted by Gasteiger charge is -2.11. The molecule has 0 bridgehead atoms. The number of benzene rings is 1. The summed E-state index contributed by atoms with van der Waals surface area (Å²) in [7, 11) is 0. The Morgan fingerprint density at radius 3 is 2.57 bits per heavy atom. The average molecular weight is 299 g/mol. The summed E-state index contributed by atoms with van der Waals surface area (Å²) in [4.78, 5) is 11.5. The van der Waals surface area contributed by atoms with E-state index in [0.29, 0.717) is 13.0 Å². The predicted molar refractivity (Wildman–Crippen MR) is 74.3 cm³/mol. The molecule has 0 aliphatic heterocycles. The number of carbonyl (C=O) groups is 1. The highest BCUT2D eigenvalue weighted by atomic mass is 19.4. The fraction of sp³-hybridized carbons (Fsp3) is 0.357. The van der Waals surface area contributed by atoms with Gasteiger partial charge >= 0.3 is 6.18 Å². The first kappa shape index (κ1) is 17.0. The Morgan fingerprint density at radius 2 is 2.00 bits per heavy atom. The Balaban J connectivity index is 3.02. The van der Waals surface area contributed by atoms with Crippen LogP contribution in [0.5, 0.6) is 0 Å². The van der Waals surface area contributed by atoms with Gasteiger partial charge in [0.15, 0.2) is 0 Å². The molecular formula is C14H16F3N3O. The van der Waals surface area contributed by atoms with E-state index in [9.17, 15) is 18.0 Å². The molecule has 0 spiro atoms. The van der Waals surface area contributed by atoms with Gasteiger partial charge in [-0.05, 0) is 31.2 Å². The van der Waals surface area contributed by atoms with Crippen LogP contribution in [0.25, 0.3) is 0 Å². The van der Waals surface area contributed by atoms with E-state index in [1.54, 1.807) is 0 Å². The first-order chi connectivity index (χ1) is 9.88. The van der Waals surface area contributed by atoms with E-state index in [2.05, 4.69) is 17.2 Å². The maximum absolute atomic E-state index is 12.8. The lowest BCUT2D eigenvalue weighted by molar-refractivity contribution is -0.137. The second-order valence-electron chi connectivity index (χ2n) is 4.20. The summed E-state index contributed by atoms with van der Waals surface area (Å²) in [6.07, 6.45) is -3.80. The van der Waals surface area contributed by atoms with E-state index in [0.717, 1.165) is 6.07 Å². The number of alkyl halides is 3. The molecule has 0 fully saturated rings. The molecule has 4 nitrogen and oxygen atoms in total. The van der Waals surface area contributed by atoms with Crippen LogP contribution in [0.1, 0.15) is 24.0 Å². The molecule has 0 unspecified atom stereocenters. The molecule has 0 aliphatic rings. The molecule has 0 aromatic heterocycles. The topological polar surface area (TPSA) is 81.1 Å². The first-order valence-corrected chi connectivity index (χ1v) is 6.28. The van der Waals surface area contributed by atoms with Crippen molar-refractivity contribution in [2.45, 2.75) is 19.0 Å². The minimum absolute atomic E-state index is 0.0512. The second-order valence-corrected chi connectivity index (χ2v) is 4.20. The van der Waals surface area contributed by atoms with Crippen molar-refractivity contribution >= 4 is 11.6 Å². The smallest absolute Gasteiger partial charge is 0.330 e. The van der Waals surface area contributed by atoms with E-state index < -0.39 is 11.7 Å². The number of rotatable bonds is 4. The number of carbonyl (C=O) groups excluding carboxylic acids is 1. The third-order valence-corrected chi connectivity index (χ3v) is 2.54. The standard InChI is InChI=1S/C14H16F3N3O/c15-14(16,17)12-6-5-11(9-10(12)3-1-7-18)20-13(21)4-2-8-19/h5-6,9H,2,4,7-8,18-19H2,(H,20,21). The quantitative estimate of drug-likeness (QED) is 0.740. The maximum Gasteiger partial charge on any atom is 0.417 e. The summed E-state index contributed by atoms with van der Waals surface area (Å²) >= 11 is 0. The van der Waals surface area contributed by atoms with Gasteiger partial charge in [0.05, 0.1) is 12.1 Å². The Morgan fingerprint density at radius 1 is 1.29 bits per heavy atom. The Bertz CT molecular complexity index is 559. The Labute approximate surface area is 120 Å². The number of hydrogen-bond donors (Lipinski definition) is 3. The third-order valence-electron chi connectivity index (χ3n) is 2.54. The van der Waals surface area contributed by atoms with Gasteiger partial charge in [0.2, 0.25) is 5.91 Å². The van der Waals surface area contributed by atoms with Crippen molar-refractivity contribution in [2.75, 3.05) is 18.4 Å². The van der Waals surface area contributed by atoms with Crippen LogP contribution in [-0.2, 0) is 11.0 Å². The summed E-state index contributed by atoms with van der Waals surface area (Å²) in [6, 6.07) is 3.27. The van der Waals surface area contributed by atoms with Crippen LogP contribution in [0, 0.1) is 11.8 Å². The summed E-state index contributed by atoms with van der Waals surface area (Å²) < 4.78 is 38.5. The number of nitrogens with two attached hydrogens (primary N) is 2.